The first-order valence-corrected chi connectivity index (χ1v) is 8.12. The first kappa shape index (κ1) is 17.4. The van der Waals surface area contributed by atoms with Crippen LogP contribution in [-0.4, -0.2) is 35.1 Å². The zero-order chi connectivity index (χ0) is 15.3. The van der Waals surface area contributed by atoms with Crippen molar-refractivity contribution in [1.29, 1.82) is 0 Å². The number of rotatable bonds is 7. The number of hydrogen-bond donors (Lipinski definition) is 2. The maximum Gasteiger partial charge on any atom is 0.106 e. The normalized spacial score (nSPS) is 11.4. The van der Waals surface area contributed by atoms with Crippen LogP contribution < -0.4 is 11.1 Å². The quantitative estimate of drug-likeness (QED) is 0.731. The molecule has 0 spiro atoms. The zero-order valence-corrected chi connectivity index (χ0v) is 15.0. The van der Waals surface area contributed by atoms with E-state index in [1.165, 1.54) is 0 Å². The molecule has 0 saturated carbocycles. The van der Waals surface area contributed by atoms with Gasteiger partial charge in [-0.3, -0.25) is 4.90 Å². The predicted molar refractivity (Wildman–Crippen MR) is 95.5 cm³/mol. The SMILES string of the molecule is CC(C)N(CCNc1ccc(Br)cc1C(N)=S)C(C)C. The van der Waals surface area contributed by atoms with Crippen LogP contribution in [0.2, 0.25) is 0 Å². The summed E-state index contributed by atoms with van der Waals surface area (Å²) in [5, 5.41) is 3.43. The maximum absolute atomic E-state index is 5.77. The topological polar surface area (TPSA) is 41.3 Å². The van der Waals surface area contributed by atoms with Crippen molar-refractivity contribution < 1.29 is 0 Å². The Bertz CT molecular complexity index is 452. The summed E-state index contributed by atoms with van der Waals surface area (Å²) in [6.45, 7) is 10.7. The third-order valence-electron chi connectivity index (χ3n) is 3.26. The van der Waals surface area contributed by atoms with Gasteiger partial charge in [-0.2, -0.15) is 0 Å². The summed E-state index contributed by atoms with van der Waals surface area (Å²) in [4.78, 5) is 2.87. The Morgan fingerprint density at radius 3 is 2.40 bits per heavy atom. The van der Waals surface area contributed by atoms with Gasteiger partial charge in [0.15, 0.2) is 0 Å². The third kappa shape index (κ3) is 5.04. The van der Waals surface area contributed by atoms with Gasteiger partial charge in [0.05, 0.1) is 0 Å². The molecule has 0 fully saturated rings. The van der Waals surface area contributed by atoms with Crippen LogP contribution in [0.4, 0.5) is 5.69 Å². The van der Waals surface area contributed by atoms with Crippen molar-refractivity contribution in [2.24, 2.45) is 5.73 Å². The van der Waals surface area contributed by atoms with E-state index in [0.29, 0.717) is 17.1 Å². The molecule has 0 aliphatic heterocycles. The van der Waals surface area contributed by atoms with Crippen molar-refractivity contribution in [3.8, 4) is 0 Å². The van der Waals surface area contributed by atoms with E-state index < -0.39 is 0 Å². The molecule has 0 saturated heterocycles. The highest BCUT2D eigenvalue weighted by atomic mass is 79.9. The molecule has 3 N–H and O–H groups in total. The van der Waals surface area contributed by atoms with Crippen LogP contribution in [0.3, 0.4) is 0 Å². The fourth-order valence-corrected chi connectivity index (χ4v) is 2.84. The van der Waals surface area contributed by atoms with E-state index >= 15 is 0 Å². The molecule has 0 bridgehead atoms. The Labute approximate surface area is 136 Å². The van der Waals surface area contributed by atoms with Gasteiger partial charge in [0.2, 0.25) is 0 Å². The van der Waals surface area contributed by atoms with Crippen LogP contribution in [0.1, 0.15) is 33.3 Å². The van der Waals surface area contributed by atoms with Gasteiger partial charge in [-0.1, -0.05) is 28.1 Å². The molecule has 0 atom stereocenters. The van der Waals surface area contributed by atoms with E-state index in [0.717, 1.165) is 28.8 Å². The number of hydrogen-bond acceptors (Lipinski definition) is 3. The van der Waals surface area contributed by atoms with Gasteiger partial charge < -0.3 is 11.1 Å². The average Bonchev–Trinajstić information content (AvgIpc) is 2.34. The van der Waals surface area contributed by atoms with E-state index in [-0.39, 0.29) is 0 Å². The van der Waals surface area contributed by atoms with Gasteiger partial charge in [-0.15, -0.1) is 0 Å². The van der Waals surface area contributed by atoms with Crippen molar-refractivity contribution in [2.75, 3.05) is 18.4 Å². The maximum atomic E-state index is 5.77. The van der Waals surface area contributed by atoms with Crippen LogP contribution in [0, 0.1) is 0 Å². The highest BCUT2D eigenvalue weighted by Gasteiger charge is 2.13. The first-order chi connectivity index (χ1) is 9.32. The number of benzene rings is 1. The van der Waals surface area contributed by atoms with E-state index in [9.17, 15) is 0 Å². The second-order valence-electron chi connectivity index (χ2n) is 5.41. The average molecular weight is 358 g/mol. The van der Waals surface area contributed by atoms with Crippen LogP contribution in [0.5, 0.6) is 0 Å². The Morgan fingerprint density at radius 2 is 1.90 bits per heavy atom. The van der Waals surface area contributed by atoms with Crippen LogP contribution in [0.15, 0.2) is 22.7 Å². The van der Waals surface area contributed by atoms with E-state index in [2.05, 4.69) is 53.8 Å². The monoisotopic (exact) mass is 357 g/mol. The van der Waals surface area contributed by atoms with Gasteiger partial charge in [0, 0.05) is 40.9 Å². The molecule has 1 rings (SSSR count). The fourth-order valence-electron chi connectivity index (χ4n) is 2.31. The molecule has 3 nitrogen and oxygen atoms in total. The molecule has 20 heavy (non-hydrogen) atoms. The lowest BCUT2D eigenvalue weighted by Crippen LogP contribution is -2.40. The molecule has 0 aliphatic rings. The molecule has 0 unspecified atom stereocenters. The Morgan fingerprint density at radius 1 is 1.30 bits per heavy atom. The van der Waals surface area contributed by atoms with E-state index in [4.69, 9.17) is 18.0 Å². The second kappa shape index (κ2) is 7.96. The molecule has 0 heterocycles. The predicted octanol–water partition coefficient (Wildman–Crippen LogP) is 3.61. The van der Waals surface area contributed by atoms with Crippen molar-refractivity contribution in [1.82, 2.24) is 4.90 Å². The highest BCUT2D eigenvalue weighted by molar-refractivity contribution is 9.10. The summed E-state index contributed by atoms with van der Waals surface area (Å²) in [6, 6.07) is 7.03. The number of halogens is 1. The van der Waals surface area contributed by atoms with Crippen molar-refractivity contribution in [3.63, 3.8) is 0 Å². The lowest BCUT2D eigenvalue weighted by molar-refractivity contribution is 0.182. The number of anilines is 1. The molecule has 1 aromatic rings. The van der Waals surface area contributed by atoms with E-state index in [1.807, 2.05) is 18.2 Å². The second-order valence-corrected chi connectivity index (χ2v) is 6.76. The van der Waals surface area contributed by atoms with Gasteiger partial charge in [-0.05, 0) is 45.9 Å². The fraction of sp³-hybridized carbons (Fsp3) is 0.533. The summed E-state index contributed by atoms with van der Waals surface area (Å²) in [6.07, 6.45) is 0. The Balaban J connectivity index is 2.68. The minimum Gasteiger partial charge on any atom is -0.389 e. The van der Waals surface area contributed by atoms with Crippen molar-refractivity contribution in [3.05, 3.63) is 28.2 Å². The molecule has 5 heteroatoms. The zero-order valence-electron chi connectivity index (χ0n) is 12.6. The van der Waals surface area contributed by atoms with Crippen molar-refractivity contribution >= 4 is 38.8 Å². The number of thiocarbonyl (C=S) groups is 1. The van der Waals surface area contributed by atoms with Gasteiger partial charge in [-0.25, -0.2) is 0 Å². The molecular formula is C15H24BrN3S. The largest absolute Gasteiger partial charge is 0.389 e. The van der Waals surface area contributed by atoms with Crippen LogP contribution >= 0.6 is 28.1 Å². The van der Waals surface area contributed by atoms with Gasteiger partial charge in [0.25, 0.3) is 0 Å². The van der Waals surface area contributed by atoms with Gasteiger partial charge >= 0.3 is 0 Å². The number of nitrogens with one attached hydrogen (secondary N) is 1. The summed E-state index contributed by atoms with van der Waals surface area (Å²) in [5.74, 6) is 0. The van der Waals surface area contributed by atoms with Crippen LogP contribution in [0.25, 0.3) is 0 Å². The minimum atomic E-state index is 0.415. The summed E-state index contributed by atoms with van der Waals surface area (Å²) in [7, 11) is 0. The Kier molecular flexibility index (Phi) is 6.92. The molecule has 0 radical (unpaired) electrons. The minimum absolute atomic E-state index is 0.415. The summed E-state index contributed by atoms with van der Waals surface area (Å²) >= 11 is 8.54. The van der Waals surface area contributed by atoms with Crippen molar-refractivity contribution in [2.45, 2.75) is 39.8 Å². The first-order valence-electron chi connectivity index (χ1n) is 6.92. The smallest absolute Gasteiger partial charge is 0.106 e. The lowest BCUT2D eigenvalue weighted by Gasteiger charge is -2.30. The standard InChI is InChI=1S/C15H24BrN3S/c1-10(2)19(11(3)4)8-7-18-14-6-5-12(16)9-13(14)15(17)20/h5-6,9-11,18H,7-8H2,1-4H3,(H2,17,20). The Hall–Kier alpha value is -0.650. The third-order valence-corrected chi connectivity index (χ3v) is 3.97. The summed E-state index contributed by atoms with van der Waals surface area (Å²) in [5.41, 5.74) is 7.65. The molecule has 0 aliphatic carbocycles. The highest BCUT2D eigenvalue weighted by Crippen LogP contribution is 2.21. The van der Waals surface area contributed by atoms with Crippen LogP contribution in [-0.2, 0) is 0 Å². The molecule has 0 aromatic heterocycles. The number of nitrogens with two attached hydrogens (primary N) is 1. The molecule has 0 amide bonds. The number of nitrogens with zero attached hydrogens (tertiary/aromatic N) is 1. The lowest BCUT2D eigenvalue weighted by atomic mass is 10.1. The molecular weight excluding hydrogens is 334 g/mol. The van der Waals surface area contributed by atoms with Gasteiger partial charge in [0.1, 0.15) is 4.99 Å². The molecule has 1 aromatic carbocycles. The molecule has 112 valence electrons. The van der Waals surface area contributed by atoms with E-state index in [1.54, 1.807) is 0 Å². The summed E-state index contributed by atoms with van der Waals surface area (Å²) < 4.78 is 0.983.